The topological polar surface area (TPSA) is 137 Å². The van der Waals surface area contributed by atoms with Gasteiger partial charge in [0.1, 0.15) is 10.9 Å². The third kappa shape index (κ3) is 6.94. The number of benzene rings is 3. The Morgan fingerprint density at radius 3 is 2.21 bits per heavy atom. The molecule has 0 aliphatic heterocycles. The fourth-order valence-corrected chi connectivity index (χ4v) is 5.38. The number of hydrogen-bond donors (Lipinski definition) is 4. The van der Waals surface area contributed by atoms with E-state index in [9.17, 15) is 23.1 Å². The molecule has 4 aromatic rings. The highest BCUT2D eigenvalue weighted by Gasteiger charge is 2.27. The van der Waals surface area contributed by atoms with Gasteiger partial charge in [-0.2, -0.15) is 4.72 Å². The van der Waals surface area contributed by atoms with Crippen molar-refractivity contribution in [2.45, 2.75) is 17.4 Å². The van der Waals surface area contributed by atoms with E-state index in [0.717, 1.165) is 11.1 Å². The summed E-state index contributed by atoms with van der Waals surface area (Å²) in [7, 11) is -4.15. The van der Waals surface area contributed by atoms with Crippen LogP contribution in [-0.2, 0) is 21.2 Å². The Kier molecular flexibility index (Phi) is 8.37. The highest BCUT2D eigenvalue weighted by molar-refractivity contribution is 7.89. The number of anilines is 2. The van der Waals surface area contributed by atoms with Gasteiger partial charge in [-0.1, -0.05) is 60.1 Å². The number of sulfonamides is 1. The van der Waals surface area contributed by atoms with Gasteiger partial charge in [-0.15, -0.1) is 0 Å². The molecule has 1 atom stereocenters. The molecule has 9 nitrogen and oxygen atoms in total. The van der Waals surface area contributed by atoms with E-state index >= 15 is 0 Å². The van der Waals surface area contributed by atoms with Gasteiger partial charge in [0.05, 0.1) is 5.02 Å². The normalized spacial score (nSPS) is 11.9. The van der Waals surface area contributed by atoms with Crippen molar-refractivity contribution in [3.05, 3.63) is 108 Å². The minimum Gasteiger partial charge on any atom is -0.480 e. The molecule has 0 fully saturated rings. The molecule has 1 unspecified atom stereocenters. The van der Waals surface area contributed by atoms with E-state index in [-0.39, 0.29) is 16.3 Å². The first-order valence-corrected chi connectivity index (χ1v) is 13.2. The smallest absolute Gasteiger partial charge is 0.323 e. The standard InChI is InChI=1S/C27H23ClN4O5S/c28-23-6-1-2-7-25(23)38(36,37)32-24(26(33)34)16-18-8-10-19(11-9-18)20-4-3-5-22(17-20)31-27(35)30-21-12-14-29-15-13-21/h1-15,17,24,32H,16H2,(H,33,34)(H2,29,30,31,35). The van der Waals surface area contributed by atoms with Gasteiger partial charge in [0.25, 0.3) is 0 Å². The first-order chi connectivity index (χ1) is 18.2. The number of aromatic nitrogens is 1. The number of aliphatic carboxylic acids is 1. The van der Waals surface area contributed by atoms with Crippen molar-refractivity contribution in [1.82, 2.24) is 9.71 Å². The number of nitrogens with one attached hydrogen (secondary N) is 3. The zero-order valence-electron chi connectivity index (χ0n) is 19.8. The largest absolute Gasteiger partial charge is 0.480 e. The molecule has 2 amide bonds. The first-order valence-electron chi connectivity index (χ1n) is 11.4. The molecule has 11 heteroatoms. The van der Waals surface area contributed by atoms with Crippen LogP contribution < -0.4 is 15.4 Å². The molecule has 0 bridgehead atoms. The lowest BCUT2D eigenvalue weighted by molar-refractivity contribution is -0.138. The van der Waals surface area contributed by atoms with Crippen LogP contribution in [0.3, 0.4) is 0 Å². The van der Waals surface area contributed by atoms with Crippen LogP contribution in [-0.4, -0.2) is 36.6 Å². The van der Waals surface area contributed by atoms with Crippen molar-refractivity contribution in [1.29, 1.82) is 0 Å². The molecule has 0 spiro atoms. The number of amides is 2. The Morgan fingerprint density at radius 2 is 1.53 bits per heavy atom. The predicted octanol–water partition coefficient (Wildman–Crippen LogP) is 5.02. The summed E-state index contributed by atoms with van der Waals surface area (Å²) < 4.78 is 27.6. The SMILES string of the molecule is O=C(Nc1ccncc1)Nc1cccc(-c2ccc(CC(NS(=O)(=O)c3ccccc3Cl)C(=O)O)cc2)c1. The van der Waals surface area contributed by atoms with Gasteiger partial charge in [0.15, 0.2) is 0 Å². The van der Waals surface area contributed by atoms with Gasteiger partial charge < -0.3 is 15.7 Å². The van der Waals surface area contributed by atoms with E-state index in [4.69, 9.17) is 11.6 Å². The van der Waals surface area contributed by atoms with Crippen molar-refractivity contribution >= 4 is 45.0 Å². The van der Waals surface area contributed by atoms with Crippen molar-refractivity contribution in [3.8, 4) is 11.1 Å². The Bertz CT molecular complexity index is 1550. The van der Waals surface area contributed by atoms with E-state index < -0.39 is 28.1 Å². The second kappa shape index (κ2) is 11.9. The van der Waals surface area contributed by atoms with E-state index in [2.05, 4.69) is 20.3 Å². The summed E-state index contributed by atoms with van der Waals surface area (Å²) in [6.45, 7) is 0. The van der Waals surface area contributed by atoms with Crippen molar-refractivity contribution in [2.24, 2.45) is 0 Å². The van der Waals surface area contributed by atoms with Crippen molar-refractivity contribution in [2.75, 3.05) is 10.6 Å². The van der Waals surface area contributed by atoms with Crippen LogP contribution in [0, 0.1) is 0 Å². The number of rotatable bonds is 9. The van der Waals surface area contributed by atoms with E-state index in [1.807, 2.05) is 6.07 Å². The van der Waals surface area contributed by atoms with Gasteiger partial charge in [0.2, 0.25) is 10.0 Å². The number of hydrogen-bond acceptors (Lipinski definition) is 5. The number of carboxylic acid groups (broad SMARTS) is 1. The van der Waals surface area contributed by atoms with Crippen LogP contribution in [0.4, 0.5) is 16.2 Å². The minimum absolute atomic E-state index is 0.0000545. The first kappa shape index (κ1) is 26.8. The molecule has 0 saturated carbocycles. The molecule has 4 rings (SSSR count). The zero-order chi connectivity index (χ0) is 27.1. The second-order valence-electron chi connectivity index (χ2n) is 8.24. The van der Waals surface area contributed by atoms with Crippen LogP contribution in [0.2, 0.25) is 5.02 Å². The number of urea groups is 1. The minimum atomic E-state index is -4.15. The molecule has 0 aliphatic carbocycles. The third-order valence-corrected chi connectivity index (χ3v) is 7.48. The number of halogens is 1. The van der Waals surface area contributed by atoms with Crippen LogP contribution in [0.25, 0.3) is 11.1 Å². The Morgan fingerprint density at radius 1 is 0.842 bits per heavy atom. The molecule has 4 N–H and O–H groups in total. The summed E-state index contributed by atoms with van der Waals surface area (Å²) in [5.74, 6) is -1.31. The van der Waals surface area contributed by atoms with E-state index in [0.29, 0.717) is 16.9 Å². The molecule has 0 aliphatic rings. The fraction of sp³-hybridized carbons (Fsp3) is 0.0741. The Labute approximate surface area is 224 Å². The second-order valence-corrected chi connectivity index (χ2v) is 10.3. The maximum absolute atomic E-state index is 12.7. The van der Waals surface area contributed by atoms with E-state index in [1.54, 1.807) is 73.1 Å². The molecule has 1 heterocycles. The van der Waals surface area contributed by atoms with Gasteiger partial charge in [0, 0.05) is 23.8 Å². The quantitative estimate of drug-likeness (QED) is 0.231. The Balaban J connectivity index is 1.44. The third-order valence-electron chi connectivity index (χ3n) is 5.51. The van der Waals surface area contributed by atoms with Crippen LogP contribution >= 0.6 is 11.6 Å². The molecule has 38 heavy (non-hydrogen) atoms. The van der Waals surface area contributed by atoms with Crippen molar-refractivity contribution < 1.29 is 23.1 Å². The summed E-state index contributed by atoms with van der Waals surface area (Å²) in [4.78, 5) is 27.8. The van der Waals surface area contributed by atoms with Crippen LogP contribution in [0.1, 0.15) is 5.56 Å². The van der Waals surface area contributed by atoms with Gasteiger partial charge in [-0.3, -0.25) is 9.78 Å². The highest BCUT2D eigenvalue weighted by Crippen LogP contribution is 2.24. The van der Waals surface area contributed by atoms with Gasteiger partial charge in [-0.05, 0) is 59.5 Å². The number of carboxylic acids is 1. The molecule has 0 radical (unpaired) electrons. The maximum Gasteiger partial charge on any atom is 0.323 e. The molecule has 0 saturated heterocycles. The summed E-state index contributed by atoms with van der Waals surface area (Å²) in [5.41, 5.74) is 3.47. The number of pyridine rings is 1. The van der Waals surface area contributed by atoms with Crippen LogP contribution in [0.15, 0.2) is 102 Å². The average molecular weight is 551 g/mol. The predicted molar refractivity (Wildman–Crippen MR) is 146 cm³/mol. The van der Waals surface area contributed by atoms with Gasteiger partial charge >= 0.3 is 12.0 Å². The lowest BCUT2D eigenvalue weighted by atomic mass is 10.0. The highest BCUT2D eigenvalue weighted by atomic mass is 35.5. The lowest BCUT2D eigenvalue weighted by Crippen LogP contribution is -2.42. The summed E-state index contributed by atoms with van der Waals surface area (Å²) >= 11 is 5.99. The Hall–Kier alpha value is -4.25. The molecular formula is C27H23ClN4O5S. The fourth-order valence-electron chi connectivity index (χ4n) is 3.67. The lowest BCUT2D eigenvalue weighted by Gasteiger charge is -2.16. The summed E-state index contributed by atoms with van der Waals surface area (Å²) in [6.07, 6.45) is 3.08. The number of carbonyl (C=O) groups is 2. The van der Waals surface area contributed by atoms with Crippen LogP contribution in [0.5, 0.6) is 0 Å². The zero-order valence-corrected chi connectivity index (χ0v) is 21.4. The number of carbonyl (C=O) groups excluding carboxylic acids is 1. The van der Waals surface area contributed by atoms with Gasteiger partial charge in [-0.25, -0.2) is 13.2 Å². The summed E-state index contributed by atoms with van der Waals surface area (Å²) in [5, 5.41) is 15.1. The summed E-state index contributed by atoms with van der Waals surface area (Å²) in [6, 6.07) is 21.7. The van der Waals surface area contributed by atoms with E-state index in [1.165, 1.54) is 18.2 Å². The molecule has 1 aromatic heterocycles. The average Bonchev–Trinajstić information content (AvgIpc) is 2.89. The molecular weight excluding hydrogens is 528 g/mol. The number of nitrogens with zero attached hydrogens (tertiary/aromatic N) is 1. The molecule has 194 valence electrons. The maximum atomic E-state index is 12.7. The van der Waals surface area contributed by atoms with Crippen molar-refractivity contribution in [3.63, 3.8) is 0 Å². The monoisotopic (exact) mass is 550 g/mol. The molecule has 3 aromatic carbocycles.